The van der Waals surface area contributed by atoms with E-state index < -0.39 is 82.5 Å². The molecule has 1 saturated heterocycles. The molecule has 2 aliphatic rings. The fraction of sp³-hybridized carbons (Fsp3) is 0.343. The number of carbonyl (C=O) groups excluding carboxylic acids is 10. The van der Waals surface area contributed by atoms with Crippen LogP contribution in [0.5, 0.6) is 23.0 Å². The van der Waals surface area contributed by atoms with Crippen molar-refractivity contribution >= 4 is 126 Å². The number of amides is 3. The Morgan fingerprint density at radius 2 is 1.00 bits per heavy atom. The minimum Gasteiger partial charge on any atom is -0.465 e. The van der Waals surface area contributed by atoms with Crippen LogP contribution in [0.25, 0.3) is 43.1 Å². The second kappa shape index (κ2) is 26.1. The van der Waals surface area contributed by atoms with Crippen LogP contribution >= 0.6 is 23.2 Å². The van der Waals surface area contributed by atoms with Crippen molar-refractivity contribution in [2.75, 3.05) is 41.5 Å². The topological polar surface area (TPSA) is 251 Å². The van der Waals surface area contributed by atoms with Gasteiger partial charge in [-0.05, 0) is 153 Å². The molecule has 22 heteroatoms. The number of methoxy groups -OCH3 is 4. The number of allylic oxidation sites excluding steroid dienone is 1. The molecule has 0 radical (unpaired) electrons. The molecule has 0 spiro atoms. The lowest BCUT2D eigenvalue weighted by atomic mass is 9.79. The van der Waals surface area contributed by atoms with Crippen molar-refractivity contribution in [2.45, 2.75) is 111 Å². The molecule has 0 aliphatic carbocycles. The van der Waals surface area contributed by atoms with E-state index in [1.54, 1.807) is 41.5 Å². The van der Waals surface area contributed by atoms with Gasteiger partial charge < -0.3 is 42.8 Å². The molecule has 0 aromatic heterocycles. The van der Waals surface area contributed by atoms with Crippen LogP contribution < -0.4 is 9.47 Å². The zero-order valence-corrected chi connectivity index (χ0v) is 54.5. The number of nitrogens with zero attached hydrogens (tertiary/aromatic N) is 2. The van der Waals surface area contributed by atoms with E-state index in [9.17, 15) is 33.6 Å². The summed E-state index contributed by atoms with van der Waals surface area (Å²) in [5.74, 6) is -8.10. The molecule has 7 aromatic carbocycles. The number of Topliss-reactive ketones (excluding diaryl/α,β-unsaturated/α-hetero) is 2. The molecule has 3 amide bonds. The number of ketones is 2. The van der Waals surface area contributed by atoms with E-state index in [4.69, 9.17) is 61.1 Å². The number of esters is 5. The van der Waals surface area contributed by atoms with Crippen molar-refractivity contribution in [3.8, 4) is 23.0 Å². The van der Waals surface area contributed by atoms with Gasteiger partial charge in [0.2, 0.25) is 0 Å². The summed E-state index contributed by atoms with van der Waals surface area (Å²) < 4.78 is 45.1. The van der Waals surface area contributed by atoms with Gasteiger partial charge in [0.25, 0.3) is 11.8 Å². The number of ether oxygens (including phenoxy) is 8. The van der Waals surface area contributed by atoms with Gasteiger partial charge in [-0.2, -0.15) is 0 Å². The van der Waals surface area contributed by atoms with E-state index in [1.165, 1.54) is 72.5 Å². The summed E-state index contributed by atoms with van der Waals surface area (Å²) in [6.45, 7) is 22.2. The number of benzene rings is 7. The summed E-state index contributed by atoms with van der Waals surface area (Å²) in [6, 6.07) is 12.3. The van der Waals surface area contributed by atoms with E-state index in [-0.39, 0.29) is 171 Å². The molecular formula is C70H68Cl2N2O18. The number of fused-ring (bicyclic) bond motifs is 2. The highest BCUT2D eigenvalue weighted by molar-refractivity contribution is 6.51. The number of hydrogen-bond donors (Lipinski definition) is 0. The van der Waals surface area contributed by atoms with Gasteiger partial charge in [-0.3, -0.25) is 24.1 Å². The normalized spacial score (nSPS) is 13.9. The molecule has 1 fully saturated rings. The fourth-order valence-corrected chi connectivity index (χ4v) is 12.5. The molecule has 92 heavy (non-hydrogen) atoms. The summed E-state index contributed by atoms with van der Waals surface area (Å²) in [6.07, 6.45) is 1.15. The molecule has 2 aliphatic heterocycles. The quantitative estimate of drug-likeness (QED) is 0.0139. The molecule has 480 valence electrons. The Hall–Kier alpha value is -9.40. The molecule has 0 bridgehead atoms. The highest BCUT2D eigenvalue weighted by atomic mass is 35.5. The number of halogens is 2. The molecule has 20 nitrogen and oxygen atoms in total. The minimum absolute atomic E-state index is 0.00940. The van der Waals surface area contributed by atoms with E-state index >= 15 is 14.4 Å². The lowest BCUT2D eigenvalue weighted by Gasteiger charge is -2.39. The van der Waals surface area contributed by atoms with Crippen molar-refractivity contribution in [1.29, 1.82) is 0 Å². The first-order chi connectivity index (χ1) is 43.3. The molecule has 2 heterocycles. The number of rotatable bonds is 19. The Morgan fingerprint density at radius 1 is 0.554 bits per heavy atom. The maximum absolute atomic E-state index is 15.7. The number of imide groups is 1. The van der Waals surface area contributed by atoms with Crippen molar-refractivity contribution in [1.82, 2.24) is 9.80 Å². The van der Waals surface area contributed by atoms with Gasteiger partial charge >= 0.3 is 35.9 Å². The first-order valence-electron chi connectivity index (χ1n) is 29.5. The number of hydrogen-bond acceptors (Lipinski definition) is 18. The summed E-state index contributed by atoms with van der Waals surface area (Å²) >= 11 is 15.4. The zero-order chi connectivity index (χ0) is 67.3. The molecule has 9 rings (SSSR count). The van der Waals surface area contributed by atoms with Gasteiger partial charge in [-0.1, -0.05) is 49.7 Å². The van der Waals surface area contributed by atoms with Crippen molar-refractivity contribution < 1.29 is 85.8 Å². The summed E-state index contributed by atoms with van der Waals surface area (Å²) in [4.78, 5) is 144. The molecule has 0 N–H and O–H groups in total. The van der Waals surface area contributed by atoms with Crippen LogP contribution in [-0.2, 0) is 33.2 Å². The maximum atomic E-state index is 15.7. The van der Waals surface area contributed by atoms with E-state index in [0.717, 1.165) is 33.3 Å². The van der Waals surface area contributed by atoms with Gasteiger partial charge in [0.1, 0.15) is 34.2 Å². The van der Waals surface area contributed by atoms with Gasteiger partial charge in [0, 0.05) is 83.9 Å². The van der Waals surface area contributed by atoms with E-state index in [0.29, 0.717) is 12.8 Å². The Bertz CT molecular complexity index is 4280. The third-order valence-electron chi connectivity index (χ3n) is 16.0. The molecule has 1 atom stereocenters. The largest absolute Gasteiger partial charge is 0.465 e. The Balaban J connectivity index is 1.40. The summed E-state index contributed by atoms with van der Waals surface area (Å²) in [5.41, 5.74) is -2.28. The monoisotopic (exact) mass is 1290 g/mol. The molecule has 1 unspecified atom stereocenters. The van der Waals surface area contributed by atoms with Gasteiger partial charge in [0.15, 0.2) is 11.6 Å². The summed E-state index contributed by atoms with van der Waals surface area (Å²) in [7, 11) is 4.55. The van der Waals surface area contributed by atoms with Crippen LogP contribution in [0, 0.1) is 5.92 Å². The molecule has 0 saturated carbocycles. The number of piperidine rings is 1. The van der Waals surface area contributed by atoms with Crippen LogP contribution in [0.4, 0.5) is 4.79 Å². The van der Waals surface area contributed by atoms with Crippen LogP contribution in [0.15, 0.2) is 85.0 Å². The standard InChI is InChI=1S/C70H68Cl2N2O18/c1-15-16-36(18-17-33(2)63(79)91-69(5,6)7)34(3)60(76)45-29-48(71)54-57-51(90-43-27-39(66(82)87-13)24-40(28-43)67(83)88-14)32-47-53-46(61(77)74(62(47)78)41-19-21-73(22-20-41)68(84)92-70(8,9)10)30-49(72)55(59(53)57)56-50(31-44(35(4)75)52(45)58(54)56)89-42-25-37(64(80)85-11)23-38(26-42)65(81)86-12/h23-32,36,41H,2-3,15-22H2,1,4-14H3. The summed E-state index contributed by atoms with van der Waals surface area (Å²) in [5, 5.41) is 0.0584. The first kappa shape index (κ1) is 67.0. The van der Waals surface area contributed by atoms with Crippen molar-refractivity contribution in [2.24, 2.45) is 5.92 Å². The SMILES string of the molecule is C=C(CCC(CCC)C(=C)C(=O)c1cc(Cl)c2c3c(Oc4cc(C(=O)OC)cc(C(=O)OC)c4)cc4c5c(cc(Cl)c(c6c(Oc7cc(C(=O)OC)cc(C(=O)OC)c7)cc(C(C)=O)c1c26)c53)C(=O)N(C1CCN(C(=O)OC(C)(C)C)CC1)C4=O)C(=O)OC(C)(C)C. The van der Waals surface area contributed by atoms with Gasteiger partial charge in [-0.25, -0.2) is 28.8 Å². The third kappa shape index (κ3) is 12.9. The van der Waals surface area contributed by atoms with Crippen LogP contribution in [0.2, 0.25) is 10.0 Å². The van der Waals surface area contributed by atoms with Crippen LogP contribution in [0.3, 0.4) is 0 Å². The lowest BCUT2D eigenvalue weighted by Crippen LogP contribution is -2.52. The average Bonchev–Trinajstić information content (AvgIpc) is 0.679. The maximum Gasteiger partial charge on any atom is 0.410 e. The lowest BCUT2D eigenvalue weighted by molar-refractivity contribution is -0.150. The average molecular weight is 1300 g/mol. The van der Waals surface area contributed by atoms with Crippen molar-refractivity contribution in [3.63, 3.8) is 0 Å². The molecular weight excluding hydrogens is 1230 g/mol. The highest BCUT2D eigenvalue weighted by Gasteiger charge is 2.43. The zero-order valence-electron chi connectivity index (χ0n) is 53.0. The second-order valence-electron chi connectivity index (χ2n) is 24.5. The predicted octanol–water partition coefficient (Wildman–Crippen LogP) is 14.8. The number of carbonyl (C=O) groups is 10. The van der Waals surface area contributed by atoms with Gasteiger partial charge in [-0.15, -0.1) is 0 Å². The van der Waals surface area contributed by atoms with Crippen molar-refractivity contribution in [3.05, 3.63) is 140 Å². The van der Waals surface area contributed by atoms with E-state index in [1.807, 2.05) is 6.92 Å². The Labute approximate surface area is 539 Å². The van der Waals surface area contributed by atoms with Crippen LogP contribution in [0.1, 0.15) is 177 Å². The smallest absolute Gasteiger partial charge is 0.410 e. The highest BCUT2D eigenvalue weighted by Crippen LogP contribution is 2.56. The minimum atomic E-state index is -0.869. The first-order valence-corrected chi connectivity index (χ1v) is 30.3. The Kier molecular flexibility index (Phi) is 19.0. The predicted molar refractivity (Wildman–Crippen MR) is 343 cm³/mol. The third-order valence-corrected chi connectivity index (χ3v) is 16.6. The number of likely N-dealkylation sites (tertiary alicyclic amines) is 1. The second-order valence-corrected chi connectivity index (χ2v) is 25.4. The van der Waals surface area contributed by atoms with Gasteiger partial charge in [0.05, 0.1) is 66.8 Å². The van der Waals surface area contributed by atoms with E-state index in [2.05, 4.69) is 13.2 Å². The fourth-order valence-electron chi connectivity index (χ4n) is 11.9. The molecule has 7 aromatic rings. The Morgan fingerprint density at radius 3 is 1.45 bits per heavy atom. The van der Waals surface area contributed by atoms with Crippen LogP contribution in [-0.4, -0.2) is 128 Å².